The van der Waals surface area contributed by atoms with Gasteiger partial charge in [0, 0.05) is 28.9 Å². The maximum Gasteiger partial charge on any atom is 0.0232 e. The summed E-state index contributed by atoms with van der Waals surface area (Å²) >= 11 is 0. The Bertz CT molecular complexity index is 106. The van der Waals surface area contributed by atoms with Crippen LogP contribution < -0.4 is 5.73 Å². The van der Waals surface area contributed by atoms with Crippen LogP contribution in [0.5, 0.6) is 0 Å². The van der Waals surface area contributed by atoms with Gasteiger partial charge in [-0.05, 0) is 19.3 Å². The zero-order valence-corrected chi connectivity index (χ0v) is 7.62. The van der Waals surface area contributed by atoms with Crippen molar-refractivity contribution in [1.29, 1.82) is 0 Å². The zero-order valence-electron chi connectivity index (χ0n) is 6.80. The third-order valence-electron chi connectivity index (χ3n) is 1.53. The summed E-state index contributed by atoms with van der Waals surface area (Å²) in [5.41, 5.74) is 5.66. The third-order valence-corrected chi connectivity index (χ3v) is 2.39. The summed E-state index contributed by atoms with van der Waals surface area (Å²) in [6.07, 6.45) is 4.77. The molecule has 0 aromatic rings. The predicted octanol–water partition coefficient (Wildman–Crippen LogP) is 0.882. The van der Waals surface area contributed by atoms with Crippen LogP contribution in [0.2, 0.25) is 0 Å². The van der Waals surface area contributed by atoms with Crippen LogP contribution in [0.3, 0.4) is 0 Å². The Balaban J connectivity index is 3.11. The summed E-state index contributed by atoms with van der Waals surface area (Å²) in [6.45, 7) is 2.08. The second-order valence-corrected chi connectivity index (χ2v) is 4.14. The molecule has 2 N–H and O–H groups in total. The molecule has 0 spiro atoms. The standard InChI is InChI=1S/C7H17NOS/c1-3-7(8)5-4-6-10(2)9/h7H,3-6,8H2,1-2H3. The highest BCUT2D eigenvalue weighted by Crippen LogP contribution is 1.98. The summed E-state index contributed by atoms with van der Waals surface area (Å²) in [6, 6.07) is 0.309. The van der Waals surface area contributed by atoms with Crippen molar-refractivity contribution in [3.05, 3.63) is 0 Å². The second-order valence-electron chi connectivity index (χ2n) is 2.59. The molecule has 0 aromatic heterocycles. The van der Waals surface area contributed by atoms with Crippen molar-refractivity contribution in [2.75, 3.05) is 12.0 Å². The first kappa shape index (κ1) is 10.1. The van der Waals surface area contributed by atoms with Crippen molar-refractivity contribution >= 4 is 10.8 Å². The highest BCUT2D eigenvalue weighted by Gasteiger charge is 1.98. The lowest BCUT2D eigenvalue weighted by molar-refractivity contribution is 0.586. The van der Waals surface area contributed by atoms with Gasteiger partial charge in [0.15, 0.2) is 0 Å². The topological polar surface area (TPSA) is 43.1 Å². The fraction of sp³-hybridized carbons (Fsp3) is 1.00. The number of hydrogen-bond acceptors (Lipinski definition) is 2. The van der Waals surface area contributed by atoms with Gasteiger partial charge in [-0.2, -0.15) is 0 Å². The Hall–Kier alpha value is 0.110. The number of rotatable bonds is 5. The quantitative estimate of drug-likeness (QED) is 0.654. The van der Waals surface area contributed by atoms with Crippen molar-refractivity contribution < 1.29 is 4.21 Å². The Kier molecular flexibility index (Phi) is 5.93. The fourth-order valence-electron chi connectivity index (χ4n) is 0.753. The first-order chi connectivity index (χ1) is 4.66. The van der Waals surface area contributed by atoms with E-state index in [9.17, 15) is 4.21 Å². The lowest BCUT2D eigenvalue weighted by atomic mass is 10.1. The lowest BCUT2D eigenvalue weighted by Crippen LogP contribution is -2.18. The molecule has 0 aromatic carbocycles. The van der Waals surface area contributed by atoms with Gasteiger partial charge in [0.2, 0.25) is 0 Å². The van der Waals surface area contributed by atoms with E-state index in [0.717, 1.165) is 25.0 Å². The van der Waals surface area contributed by atoms with Crippen LogP contribution in [-0.4, -0.2) is 22.3 Å². The minimum atomic E-state index is -0.640. The summed E-state index contributed by atoms with van der Waals surface area (Å²) < 4.78 is 10.6. The smallest absolute Gasteiger partial charge is 0.0232 e. The molecule has 0 aliphatic carbocycles. The SMILES string of the molecule is CCC(N)CCCS(C)=O. The van der Waals surface area contributed by atoms with Gasteiger partial charge in [-0.25, -0.2) is 0 Å². The van der Waals surface area contributed by atoms with Crippen molar-refractivity contribution in [2.24, 2.45) is 5.73 Å². The molecular weight excluding hydrogens is 146 g/mol. The van der Waals surface area contributed by atoms with E-state index in [1.165, 1.54) is 0 Å². The Morgan fingerprint density at radius 3 is 2.60 bits per heavy atom. The van der Waals surface area contributed by atoms with E-state index in [0.29, 0.717) is 6.04 Å². The molecule has 0 aliphatic rings. The van der Waals surface area contributed by atoms with Gasteiger partial charge in [-0.15, -0.1) is 0 Å². The van der Waals surface area contributed by atoms with E-state index in [2.05, 4.69) is 6.92 Å². The highest BCUT2D eigenvalue weighted by atomic mass is 32.2. The fourth-order valence-corrected chi connectivity index (χ4v) is 1.33. The summed E-state index contributed by atoms with van der Waals surface area (Å²) in [7, 11) is -0.640. The van der Waals surface area contributed by atoms with Gasteiger partial charge >= 0.3 is 0 Å². The Morgan fingerprint density at radius 1 is 1.60 bits per heavy atom. The van der Waals surface area contributed by atoms with Gasteiger partial charge in [0.25, 0.3) is 0 Å². The molecule has 0 heterocycles. The molecule has 0 rings (SSSR count). The monoisotopic (exact) mass is 163 g/mol. The highest BCUT2D eigenvalue weighted by molar-refractivity contribution is 7.84. The molecule has 2 nitrogen and oxygen atoms in total. The van der Waals surface area contributed by atoms with Crippen LogP contribution in [0, 0.1) is 0 Å². The van der Waals surface area contributed by atoms with Crippen molar-refractivity contribution in [3.63, 3.8) is 0 Å². The van der Waals surface area contributed by atoms with Gasteiger partial charge in [-0.3, -0.25) is 4.21 Å². The van der Waals surface area contributed by atoms with Gasteiger partial charge in [-0.1, -0.05) is 6.92 Å². The van der Waals surface area contributed by atoms with E-state index in [4.69, 9.17) is 5.73 Å². The lowest BCUT2D eigenvalue weighted by Gasteiger charge is -2.05. The predicted molar refractivity (Wildman–Crippen MR) is 46.4 cm³/mol. The molecule has 2 unspecified atom stereocenters. The average molecular weight is 163 g/mol. The molecule has 0 amide bonds. The van der Waals surface area contributed by atoms with E-state index >= 15 is 0 Å². The maximum atomic E-state index is 10.6. The van der Waals surface area contributed by atoms with Gasteiger partial charge in [0.1, 0.15) is 0 Å². The summed E-state index contributed by atoms with van der Waals surface area (Å²) in [5, 5.41) is 0. The molecule has 0 radical (unpaired) electrons. The van der Waals surface area contributed by atoms with Crippen molar-refractivity contribution in [1.82, 2.24) is 0 Å². The largest absolute Gasteiger partial charge is 0.328 e. The maximum absolute atomic E-state index is 10.6. The zero-order chi connectivity index (χ0) is 7.98. The normalized spacial score (nSPS) is 16.7. The van der Waals surface area contributed by atoms with E-state index in [-0.39, 0.29) is 0 Å². The minimum Gasteiger partial charge on any atom is -0.328 e. The molecule has 0 aliphatic heterocycles. The van der Waals surface area contributed by atoms with Gasteiger partial charge in [0.05, 0.1) is 0 Å². The molecule has 62 valence electrons. The van der Waals surface area contributed by atoms with Crippen LogP contribution in [0.4, 0.5) is 0 Å². The molecule has 2 atom stereocenters. The number of nitrogens with two attached hydrogens (primary N) is 1. The van der Waals surface area contributed by atoms with E-state index in [1.807, 2.05) is 0 Å². The summed E-state index contributed by atoms with van der Waals surface area (Å²) in [4.78, 5) is 0. The van der Waals surface area contributed by atoms with Crippen LogP contribution in [0.1, 0.15) is 26.2 Å². The average Bonchev–Trinajstić information content (AvgIpc) is 1.87. The Morgan fingerprint density at radius 2 is 2.20 bits per heavy atom. The van der Waals surface area contributed by atoms with Crippen LogP contribution in [0.25, 0.3) is 0 Å². The molecule has 0 bridgehead atoms. The van der Waals surface area contributed by atoms with E-state index < -0.39 is 10.8 Å². The number of hydrogen-bond donors (Lipinski definition) is 1. The van der Waals surface area contributed by atoms with Crippen LogP contribution in [0.15, 0.2) is 0 Å². The second kappa shape index (κ2) is 5.86. The molecular formula is C7H17NOS. The van der Waals surface area contributed by atoms with Crippen molar-refractivity contribution in [3.8, 4) is 0 Å². The third kappa shape index (κ3) is 6.23. The first-order valence-corrected chi connectivity index (χ1v) is 5.45. The van der Waals surface area contributed by atoms with Gasteiger partial charge < -0.3 is 5.73 Å². The minimum absolute atomic E-state index is 0.309. The van der Waals surface area contributed by atoms with E-state index in [1.54, 1.807) is 6.26 Å². The molecule has 0 saturated heterocycles. The van der Waals surface area contributed by atoms with Crippen LogP contribution in [-0.2, 0) is 10.8 Å². The first-order valence-electron chi connectivity index (χ1n) is 3.72. The molecule has 0 fully saturated rings. The van der Waals surface area contributed by atoms with Crippen LogP contribution >= 0.6 is 0 Å². The van der Waals surface area contributed by atoms with Crippen molar-refractivity contribution in [2.45, 2.75) is 32.2 Å². The Labute approximate surface area is 65.6 Å². The molecule has 10 heavy (non-hydrogen) atoms. The summed E-state index contributed by atoms with van der Waals surface area (Å²) in [5.74, 6) is 0.799. The molecule has 3 heteroatoms. The molecule has 0 saturated carbocycles.